The Morgan fingerprint density at radius 2 is 2.00 bits per heavy atom. The maximum atomic E-state index is 12.8. The zero-order valence-corrected chi connectivity index (χ0v) is 17.4. The van der Waals surface area contributed by atoms with E-state index in [2.05, 4.69) is 20.9 Å². The maximum Gasteiger partial charge on any atom is 0.344 e. The summed E-state index contributed by atoms with van der Waals surface area (Å²) in [7, 11) is 0. The predicted octanol–water partition coefficient (Wildman–Crippen LogP) is 1.93. The summed E-state index contributed by atoms with van der Waals surface area (Å²) in [6.45, 7) is 5.64. The number of hydrogen-bond acceptors (Lipinski definition) is 6. The minimum Gasteiger partial charge on any atom is -0.322 e. The van der Waals surface area contributed by atoms with E-state index in [4.69, 9.17) is 0 Å². The van der Waals surface area contributed by atoms with Crippen LogP contribution in [-0.4, -0.2) is 48.9 Å². The summed E-state index contributed by atoms with van der Waals surface area (Å²) in [5.41, 5.74) is 2.41. The van der Waals surface area contributed by atoms with Crippen LogP contribution < -0.4 is 10.7 Å². The Hall–Kier alpha value is -2.88. The average molecular weight is 417 g/mol. The first-order valence-corrected chi connectivity index (χ1v) is 10.3. The van der Waals surface area contributed by atoms with E-state index in [-0.39, 0.29) is 11.8 Å². The molecule has 0 saturated carbocycles. The number of aryl methyl sites for hydroxylation is 1. The van der Waals surface area contributed by atoms with Crippen LogP contribution in [-0.2, 0) is 16.0 Å². The van der Waals surface area contributed by atoms with E-state index < -0.39 is 23.4 Å². The van der Waals surface area contributed by atoms with E-state index in [9.17, 15) is 14.4 Å². The third-order valence-electron chi connectivity index (χ3n) is 4.68. The lowest BCUT2D eigenvalue weighted by Gasteiger charge is -2.21. The minimum absolute atomic E-state index is 0.00318. The molecule has 1 aromatic carbocycles. The highest BCUT2D eigenvalue weighted by Crippen LogP contribution is 2.23. The first-order chi connectivity index (χ1) is 13.8. The molecule has 0 spiro atoms. The highest BCUT2D eigenvalue weighted by molar-refractivity contribution is 7.99. The first kappa shape index (κ1) is 20.8. The SMILES string of the molecule is CC(C)n1cnnc1SCC(=O)NN1C(=O)N[C@@](C)(CCc2ccccc2)C1=O. The average Bonchev–Trinajstić information content (AvgIpc) is 3.25. The quantitative estimate of drug-likeness (QED) is 0.503. The van der Waals surface area contributed by atoms with Gasteiger partial charge in [-0.1, -0.05) is 42.1 Å². The van der Waals surface area contributed by atoms with Gasteiger partial charge in [0.15, 0.2) is 5.16 Å². The van der Waals surface area contributed by atoms with Crippen molar-refractivity contribution in [2.24, 2.45) is 0 Å². The molecule has 1 aromatic heterocycles. The van der Waals surface area contributed by atoms with E-state index in [1.807, 2.05) is 48.7 Å². The number of rotatable bonds is 8. The number of nitrogens with one attached hydrogen (secondary N) is 2. The van der Waals surface area contributed by atoms with Gasteiger partial charge in [-0.3, -0.25) is 15.0 Å². The highest BCUT2D eigenvalue weighted by atomic mass is 32.2. The van der Waals surface area contributed by atoms with Gasteiger partial charge in [-0.05, 0) is 39.2 Å². The van der Waals surface area contributed by atoms with Crippen molar-refractivity contribution in [3.8, 4) is 0 Å². The van der Waals surface area contributed by atoms with Gasteiger partial charge in [0.25, 0.3) is 5.91 Å². The lowest BCUT2D eigenvalue weighted by Crippen LogP contribution is -2.49. The van der Waals surface area contributed by atoms with Crippen molar-refractivity contribution < 1.29 is 14.4 Å². The number of carbonyl (C=O) groups is 3. The first-order valence-electron chi connectivity index (χ1n) is 9.32. The van der Waals surface area contributed by atoms with Crippen LogP contribution in [0.5, 0.6) is 0 Å². The Kier molecular flexibility index (Phi) is 6.21. The molecule has 1 aliphatic heterocycles. The van der Waals surface area contributed by atoms with Crippen LogP contribution in [0.25, 0.3) is 0 Å². The van der Waals surface area contributed by atoms with Crippen LogP contribution in [0.15, 0.2) is 41.8 Å². The molecule has 1 fully saturated rings. The Morgan fingerprint density at radius 3 is 2.69 bits per heavy atom. The molecule has 10 heteroatoms. The number of urea groups is 1. The van der Waals surface area contributed by atoms with Crippen molar-refractivity contribution in [3.05, 3.63) is 42.2 Å². The molecule has 2 aromatic rings. The largest absolute Gasteiger partial charge is 0.344 e. The standard InChI is InChI=1S/C19H24N6O3S/c1-13(2)24-12-20-22-18(24)29-11-15(26)23-25-16(27)19(3,21-17(25)28)10-9-14-7-5-4-6-8-14/h4-8,12-13H,9-11H2,1-3H3,(H,21,28)(H,23,26)/t19-/m0/s1. The topological polar surface area (TPSA) is 109 Å². The second kappa shape index (κ2) is 8.64. The summed E-state index contributed by atoms with van der Waals surface area (Å²) in [4.78, 5) is 37.3. The van der Waals surface area contributed by atoms with Crippen LogP contribution in [0.2, 0.25) is 0 Å². The van der Waals surface area contributed by atoms with E-state index in [0.29, 0.717) is 18.0 Å². The monoisotopic (exact) mass is 416 g/mol. The summed E-state index contributed by atoms with van der Waals surface area (Å²) < 4.78 is 1.84. The number of imide groups is 1. The van der Waals surface area contributed by atoms with E-state index >= 15 is 0 Å². The van der Waals surface area contributed by atoms with Crippen LogP contribution in [0.4, 0.5) is 4.79 Å². The number of amides is 4. The van der Waals surface area contributed by atoms with Gasteiger partial charge in [0.05, 0.1) is 5.75 Å². The second-order valence-electron chi connectivity index (χ2n) is 7.33. The molecule has 9 nitrogen and oxygen atoms in total. The summed E-state index contributed by atoms with van der Waals surface area (Å²) in [5.74, 6) is -0.935. The lowest BCUT2D eigenvalue weighted by atomic mass is 9.93. The fourth-order valence-electron chi connectivity index (χ4n) is 2.97. The van der Waals surface area contributed by atoms with Crippen molar-refractivity contribution in [1.29, 1.82) is 0 Å². The molecule has 29 heavy (non-hydrogen) atoms. The van der Waals surface area contributed by atoms with Gasteiger partial charge in [0.2, 0.25) is 5.91 Å². The summed E-state index contributed by atoms with van der Waals surface area (Å²) >= 11 is 1.19. The van der Waals surface area contributed by atoms with E-state index in [1.54, 1.807) is 13.3 Å². The molecule has 0 bridgehead atoms. The molecule has 0 radical (unpaired) electrons. The minimum atomic E-state index is -1.06. The van der Waals surface area contributed by atoms with Gasteiger partial charge in [-0.25, -0.2) is 4.79 Å². The molecule has 0 aliphatic carbocycles. The van der Waals surface area contributed by atoms with Gasteiger partial charge in [-0.2, -0.15) is 5.01 Å². The molecule has 4 amide bonds. The number of hydrazine groups is 1. The number of nitrogens with zero attached hydrogens (tertiary/aromatic N) is 4. The zero-order chi connectivity index (χ0) is 21.0. The number of carbonyl (C=O) groups excluding carboxylic acids is 3. The Morgan fingerprint density at radius 1 is 1.28 bits per heavy atom. The molecule has 1 atom stereocenters. The Balaban J connectivity index is 1.56. The smallest absolute Gasteiger partial charge is 0.322 e. The third kappa shape index (κ3) is 4.76. The zero-order valence-electron chi connectivity index (χ0n) is 16.6. The highest BCUT2D eigenvalue weighted by Gasteiger charge is 2.48. The third-order valence-corrected chi connectivity index (χ3v) is 5.64. The predicted molar refractivity (Wildman–Crippen MR) is 108 cm³/mol. The molecule has 1 saturated heterocycles. The van der Waals surface area contributed by atoms with Crippen molar-refractivity contribution in [2.45, 2.75) is 50.4 Å². The fourth-order valence-corrected chi connectivity index (χ4v) is 3.81. The number of thioether (sulfide) groups is 1. The van der Waals surface area contributed by atoms with Gasteiger partial charge in [-0.15, -0.1) is 10.2 Å². The Bertz CT molecular complexity index is 900. The van der Waals surface area contributed by atoms with Crippen molar-refractivity contribution in [1.82, 2.24) is 30.5 Å². The summed E-state index contributed by atoms with van der Waals surface area (Å²) in [6, 6.07) is 9.25. The van der Waals surface area contributed by atoms with Crippen molar-refractivity contribution in [2.75, 3.05) is 5.75 Å². The maximum absolute atomic E-state index is 12.8. The summed E-state index contributed by atoms with van der Waals surface area (Å²) in [6.07, 6.45) is 2.66. The van der Waals surface area contributed by atoms with E-state index in [1.165, 1.54) is 11.8 Å². The van der Waals surface area contributed by atoms with Crippen molar-refractivity contribution >= 4 is 29.6 Å². The molecule has 2 N–H and O–H groups in total. The van der Waals surface area contributed by atoms with Crippen LogP contribution in [0.3, 0.4) is 0 Å². The molecule has 1 aliphatic rings. The van der Waals surface area contributed by atoms with Gasteiger partial charge in [0.1, 0.15) is 11.9 Å². The van der Waals surface area contributed by atoms with Gasteiger partial charge < -0.3 is 9.88 Å². The number of hydrogen-bond donors (Lipinski definition) is 2. The van der Waals surface area contributed by atoms with Gasteiger partial charge in [0, 0.05) is 6.04 Å². The second-order valence-corrected chi connectivity index (χ2v) is 8.27. The molecule has 0 unspecified atom stereocenters. The number of aromatic nitrogens is 3. The Labute approximate surface area is 173 Å². The van der Waals surface area contributed by atoms with Crippen LogP contribution in [0.1, 0.15) is 38.8 Å². The molecule has 3 rings (SSSR count). The van der Waals surface area contributed by atoms with Crippen molar-refractivity contribution in [3.63, 3.8) is 0 Å². The molecular formula is C19H24N6O3S. The summed E-state index contributed by atoms with van der Waals surface area (Å²) in [5, 5.41) is 11.9. The fraction of sp³-hybridized carbons (Fsp3) is 0.421. The van der Waals surface area contributed by atoms with Crippen LogP contribution >= 0.6 is 11.8 Å². The normalized spacial score (nSPS) is 19.0. The molecular weight excluding hydrogens is 392 g/mol. The number of benzene rings is 1. The molecule has 2 heterocycles. The van der Waals surface area contributed by atoms with Crippen LogP contribution in [0, 0.1) is 0 Å². The van der Waals surface area contributed by atoms with Gasteiger partial charge >= 0.3 is 6.03 Å². The van der Waals surface area contributed by atoms with E-state index in [0.717, 1.165) is 10.6 Å². The molecule has 154 valence electrons. The lowest BCUT2D eigenvalue weighted by molar-refractivity contribution is -0.138.